The van der Waals surface area contributed by atoms with Crippen LogP contribution in [0.1, 0.15) is 34.7 Å². The number of hydrogen-bond donors (Lipinski definition) is 2. The number of nitrogens with zero attached hydrogens (tertiary/aromatic N) is 2. The highest BCUT2D eigenvalue weighted by Gasteiger charge is 2.31. The lowest BCUT2D eigenvalue weighted by molar-refractivity contribution is 0.0696. The van der Waals surface area contributed by atoms with Crippen molar-refractivity contribution in [1.29, 1.82) is 0 Å². The fourth-order valence-corrected chi connectivity index (χ4v) is 5.67. The Morgan fingerprint density at radius 3 is 2.53 bits per heavy atom. The van der Waals surface area contributed by atoms with Gasteiger partial charge in [-0.1, -0.05) is 12.1 Å². The van der Waals surface area contributed by atoms with E-state index in [2.05, 4.69) is 9.10 Å². The molecule has 0 unspecified atom stereocenters. The molecule has 0 bridgehead atoms. The summed E-state index contributed by atoms with van der Waals surface area (Å²) in [5.74, 6) is -1.03. The molecule has 2 aromatic heterocycles. The van der Waals surface area contributed by atoms with E-state index in [1.165, 1.54) is 23.7 Å². The molecule has 2 N–H and O–H groups in total. The SMILES string of the molecule is O=C(O)c1ccc(C2CC2)c(S(=O)(=O)Nc2cc(-c3ccns3)ccc2-n2cccc2)c1. The highest BCUT2D eigenvalue weighted by atomic mass is 32.2. The van der Waals surface area contributed by atoms with Crippen LogP contribution in [0.5, 0.6) is 0 Å². The maximum Gasteiger partial charge on any atom is 0.335 e. The number of nitrogens with one attached hydrogen (secondary N) is 1. The lowest BCUT2D eigenvalue weighted by Crippen LogP contribution is -2.17. The summed E-state index contributed by atoms with van der Waals surface area (Å²) < 4.78 is 35.7. The van der Waals surface area contributed by atoms with E-state index in [-0.39, 0.29) is 16.4 Å². The monoisotopic (exact) mass is 465 g/mol. The third kappa shape index (κ3) is 3.92. The lowest BCUT2D eigenvalue weighted by atomic mass is 10.1. The van der Waals surface area contributed by atoms with Crippen LogP contribution in [0.3, 0.4) is 0 Å². The fourth-order valence-electron chi connectivity index (χ4n) is 3.69. The number of carbonyl (C=O) groups is 1. The Labute approximate surface area is 189 Å². The lowest BCUT2D eigenvalue weighted by Gasteiger charge is -2.17. The molecule has 32 heavy (non-hydrogen) atoms. The van der Waals surface area contributed by atoms with E-state index >= 15 is 0 Å². The van der Waals surface area contributed by atoms with Gasteiger partial charge in [0, 0.05) is 18.6 Å². The van der Waals surface area contributed by atoms with E-state index in [4.69, 9.17) is 0 Å². The van der Waals surface area contributed by atoms with Crippen molar-refractivity contribution in [2.45, 2.75) is 23.7 Å². The average Bonchev–Trinajstić information content (AvgIpc) is 3.23. The molecule has 1 saturated carbocycles. The average molecular weight is 466 g/mol. The number of carboxylic acids is 1. The number of rotatable bonds is 7. The zero-order chi connectivity index (χ0) is 22.3. The highest BCUT2D eigenvalue weighted by molar-refractivity contribution is 7.92. The minimum Gasteiger partial charge on any atom is -0.478 e. The van der Waals surface area contributed by atoms with Crippen molar-refractivity contribution in [2.75, 3.05) is 4.72 Å². The summed E-state index contributed by atoms with van der Waals surface area (Å²) in [6, 6.07) is 15.5. The van der Waals surface area contributed by atoms with Crippen LogP contribution < -0.4 is 4.72 Å². The minimum absolute atomic E-state index is 0.0153. The third-order valence-corrected chi connectivity index (χ3v) is 7.63. The van der Waals surface area contributed by atoms with Crippen molar-refractivity contribution in [3.8, 4) is 16.1 Å². The molecule has 162 valence electrons. The first-order chi connectivity index (χ1) is 15.4. The van der Waals surface area contributed by atoms with Crippen molar-refractivity contribution in [1.82, 2.24) is 8.94 Å². The maximum atomic E-state index is 13.5. The predicted molar refractivity (Wildman–Crippen MR) is 123 cm³/mol. The molecule has 0 saturated heterocycles. The molecule has 9 heteroatoms. The zero-order valence-corrected chi connectivity index (χ0v) is 18.4. The minimum atomic E-state index is -4.04. The summed E-state index contributed by atoms with van der Waals surface area (Å²) in [6.45, 7) is 0. The summed E-state index contributed by atoms with van der Waals surface area (Å²) >= 11 is 1.32. The van der Waals surface area contributed by atoms with Crippen LogP contribution in [0, 0.1) is 0 Å². The third-order valence-electron chi connectivity index (χ3n) is 5.41. The molecule has 4 aromatic rings. The Kier molecular flexibility index (Phi) is 5.07. The Balaban J connectivity index is 1.62. The van der Waals surface area contributed by atoms with Crippen LogP contribution >= 0.6 is 11.5 Å². The first-order valence-corrected chi connectivity index (χ1v) is 12.3. The number of aromatic nitrogens is 2. The van der Waals surface area contributed by atoms with Crippen LogP contribution in [0.25, 0.3) is 16.1 Å². The maximum absolute atomic E-state index is 13.5. The van der Waals surface area contributed by atoms with Crippen LogP contribution in [-0.2, 0) is 10.0 Å². The topological polar surface area (TPSA) is 101 Å². The van der Waals surface area contributed by atoms with E-state index in [9.17, 15) is 18.3 Å². The molecule has 2 heterocycles. The molecule has 0 atom stereocenters. The number of carboxylic acid groups (broad SMARTS) is 1. The number of benzene rings is 2. The Bertz CT molecular complexity index is 1390. The molecule has 5 rings (SSSR count). The van der Waals surface area contributed by atoms with Crippen molar-refractivity contribution in [3.05, 3.63) is 84.3 Å². The van der Waals surface area contributed by atoms with Crippen LogP contribution in [0.15, 0.2) is 78.1 Å². The number of anilines is 1. The summed E-state index contributed by atoms with van der Waals surface area (Å²) in [6.07, 6.45) is 7.15. The standard InChI is InChI=1S/C23H19N3O4S2/c27-23(28)17-5-7-18(15-3-4-15)22(14-17)32(29,30)25-19-13-16(21-9-10-24-31-21)6-8-20(19)26-11-1-2-12-26/h1-2,5-15,25H,3-4H2,(H,27,28). The molecule has 7 nitrogen and oxygen atoms in total. The Hall–Kier alpha value is -3.43. The van der Waals surface area contributed by atoms with Gasteiger partial charge in [0.1, 0.15) is 0 Å². The van der Waals surface area contributed by atoms with Gasteiger partial charge in [-0.05, 0) is 83.9 Å². The second-order valence-electron chi connectivity index (χ2n) is 7.64. The van der Waals surface area contributed by atoms with Gasteiger partial charge in [0.15, 0.2) is 0 Å². The van der Waals surface area contributed by atoms with Crippen LogP contribution in [-0.4, -0.2) is 28.4 Å². The largest absolute Gasteiger partial charge is 0.478 e. The second kappa shape index (κ2) is 7.92. The van der Waals surface area contributed by atoms with E-state index in [0.717, 1.165) is 23.3 Å². The molecule has 0 spiro atoms. The van der Waals surface area contributed by atoms with Gasteiger partial charge < -0.3 is 9.67 Å². The number of aromatic carboxylic acids is 1. The summed E-state index contributed by atoms with van der Waals surface area (Å²) in [7, 11) is -4.04. The van der Waals surface area contributed by atoms with Gasteiger partial charge in [0.2, 0.25) is 0 Å². The smallest absolute Gasteiger partial charge is 0.335 e. The van der Waals surface area contributed by atoms with Crippen LogP contribution in [0.2, 0.25) is 0 Å². The van der Waals surface area contributed by atoms with Gasteiger partial charge in [0.05, 0.1) is 26.7 Å². The zero-order valence-electron chi connectivity index (χ0n) is 16.8. The molecule has 0 radical (unpaired) electrons. The second-order valence-corrected chi connectivity index (χ2v) is 10.1. The van der Waals surface area contributed by atoms with E-state index in [0.29, 0.717) is 16.9 Å². The molecule has 0 aliphatic heterocycles. The molecule has 1 fully saturated rings. The van der Waals surface area contributed by atoms with Gasteiger partial charge in [0.25, 0.3) is 10.0 Å². The van der Waals surface area contributed by atoms with Gasteiger partial charge >= 0.3 is 5.97 Å². The molecular weight excluding hydrogens is 446 g/mol. The Morgan fingerprint density at radius 2 is 1.88 bits per heavy atom. The molecule has 1 aliphatic carbocycles. The van der Waals surface area contributed by atoms with Gasteiger partial charge in [-0.2, -0.15) is 0 Å². The summed E-state index contributed by atoms with van der Waals surface area (Å²) in [5.41, 5.74) is 2.49. The molecular formula is C23H19N3O4S2. The first-order valence-electron chi connectivity index (χ1n) is 10.0. The molecule has 1 aliphatic rings. The molecule has 0 amide bonds. The molecule has 2 aromatic carbocycles. The van der Waals surface area contributed by atoms with Crippen molar-refractivity contribution in [2.24, 2.45) is 0 Å². The van der Waals surface area contributed by atoms with Crippen molar-refractivity contribution in [3.63, 3.8) is 0 Å². The van der Waals surface area contributed by atoms with Gasteiger partial charge in [-0.15, -0.1) is 0 Å². The van der Waals surface area contributed by atoms with E-state index in [1.54, 1.807) is 18.3 Å². The van der Waals surface area contributed by atoms with Gasteiger partial charge in [-0.25, -0.2) is 17.6 Å². The highest BCUT2D eigenvalue weighted by Crippen LogP contribution is 2.43. The van der Waals surface area contributed by atoms with Crippen LogP contribution in [0.4, 0.5) is 5.69 Å². The fraction of sp³-hybridized carbons (Fsp3) is 0.130. The summed E-state index contributed by atoms with van der Waals surface area (Å²) in [5, 5.41) is 9.40. The first kappa shape index (κ1) is 20.5. The van der Waals surface area contributed by atoms with E-state index in [1.807, 2.05) is 47.3 Å². The van der Waals surface area contributed by atoms with Crippen molar-refractivity contribution >= 4 is 33.2 Å². The number of sulfonamides is 1. The Morgan fingerprint density at radius 1 is 1.09 bits per heavy atom. The number of hydrogen-bond acceptors (Lipinski definition) is 5. The predicted octanol–water partition coefficient (Wildman–Crippen LogP) is 4.98. The van der Waals surface area contributed by atoms with Gasteiger partial charge in [-0.3, -0.25) is 4.72 Å². The summed E-state index contributed by atoms with van der Waals surface area (Å²) in [4.78, 5) is 12.4. The quantitative estimate of drug-likeness (QED) is 0.401. The van der Waals surface area contributed by atoms with Crippen molar-refractivity contribution < 1.29 is 18.3 Å². The van der Waals surface area contributed by atoms with E-state index < -0.39 is 16.0 Å². The normalized spacial score (nSPS) is 13.8.